The normalized spacial score (nSPS) is 11.8. The Labute approximate surface area is 143 Å². The summed E-state index contributed by atoms with van der Waals surface area (Å²) in [5, 5.41) is 19.6. The van der Waals surface area contributed by atoms with E-state index in [-0.39, 0.29) is 6.54 Å². The van der Waals surface area contributed by atoms with Crippen molar-refractivity contribution in [1.82, 2.24) is 25.5 Å². The van der Waals surface area contributed by atoms with Crippen LogP contribution in [0.15, 0.2) is 48.8 Å². The fraction of sp³-hybridized carbons (Fsp3) is 0.176. The molecule has 128 valence electrons. The number of H-pyrrole nitrogens is 1. The molecule has 2 heterocycles. The third-order valence-electron chi connectivity index (χ3n) is 3.58. The Morgan fingerprint density at radius 1 is 1.24 bits per heavy atom. The van der Waals surface area contributed by atoms with Crippen LogP contribution >= 0.6 is 0 Å². The number of carbonyl (C=O) groups excluding carboxylic acids is 1. The van der Waals surface area contributed by atoms with Gasteiger partial charge in [0.05, 0.1) is 13.7 Å². The molecular weight excluding hydrogens is 322 g/mol. The second kappa shape index (κ2) is 7.54. The molecule has 0 saturated heterocycles. The average molecular weight is 339 g/mol. The van der Waals surface area contributed by atoms with Crippen LogP contribution in [0.1, 0.15) is 17.5 Å². The number of aromatic nitrogens is 4. The monoisotopic (exact) mass is 339 g/mol. The lowest BCUT2D eigenvalue weighted by Gasteiger charge is -2.11. The molecule has 0 radical (unpaired) electrons. The molecular formula is C17H17N5O3. The third kappa shape index (κ3) is 3.99. The van der Waals surface area contributed by atoms with Crippen LogP contribution in [-0.4, -0.2) is 38.3 Å². The first-order valence-electron chi connectivity index (χ1n) is 7.59. The molecule has 0 aliphatic rings. The summed E-state index contributed by atoms with van der Waals surface area (Å²) in [5.41, 5.74) is 1.30. The van der Waals surface area contributed by atoms with Crippen LogP contribution in [0.3, 0.4) is 0 Å². The minimum absolute atomic E-state index is 0.129. The van der Waals surface area contributed by atoms with E-state index in [2.05, 4.69) is 25.5 Å². The van der Waals surface area contributed by atoms with Crippen LogP contribution in [0.2, 0.25) is 0 Å². The van der Waals surface area contributed by atoms with E-state index in [1.165, 1.54) is 0 Å². The second-order valence-corrected chi connectivity index (χ2v) is 5.24. The van der Waals surface area contributed by atoms with E-state index in [4.69, 9.17) is 4.74 Å². The van der Waals surface area contributed by atoms with Crippen LogP contribution < -0.4 is 10.1 Å². The largest absolute Gasteiger partial charge is 0.497 e. The summed E-state index contributed by atoms with van der Waals surface area (Å²) in [4.78, 5) is 20.3. The van der Waals surface area contributed by atoms with Crippen molar-refractivity contribution in [3.8, 4) is 17.1 Å². The zero-order valence-corrected chi connectivity index (χ0v) is 13.5. The molecule has 25 heavy (non-hydrogen) atoms. The number of ether oxygens (including phenoxy) is 1. The molecule has 3 N–H and O–H groups in total. The predicted molar refractivity (Wildman–Crippen MR) is 89.4 cm³/mol. The van der Waals surface area contributed by atoms with Crippen LogP contribution in [0.4, 0.5) is 0 Å². The Kier molecular flexibility index (Phi) is 5.00. The predicted octanol–water partition coefficient (Wildman–Crippen LogP) is 1.23. The first-order chi connectivity index (χ1) is 12.2. The number of benzene rings is 1. The Balaban J connectivity index is 1.59. The van der Waals surface area contributed by atoms with Gasteiger partial charge in [0, 0.05) is 18.0 Å². The number of amides is 1. The van der Waals surface area contributed by atoms with Crippen LogP contribution in [0, 0.1) is 0 Å². The molecule has 8 heteroatoms. The minimum Gasteiger partial charge on any atom is -0.497 e. The molecule has 0 aliphatic carbocycles. The molecule has 0 aliphatic heterocycles. The summed E-state index contributed by atoms with van der Waals surface area (Å²) >= 11 is 0. The summed E-state index contributed by atoms with van der Waals surface area (Å²) < 4.78 is 5.05. The quantitative estimate of drug-likeness (QED) is 0.622. The summed E-state index contributed by atoms with van der Waals surface area (Å²) in [7, 11) is 1.55. The van der Waals surface area contributed by atoms with Crippen molar-refractivity contribution < 1.29 is 14.6 Å². The van der Waals surface area contributed by atoms with Gasteiger partial charge in [-0.2, -0.15) is 5.10 Å². The summed E-state index contributed by atoms with van der Waals surface area (Å²) in [6.45, 7) is 0.129. The number of carbonyl (C=O) groups is 1. The van der Waals surface area contributed by atoms with Gasteiger partial charge in [0.2, 0.25) is 0 Å². The van der Waals surface area contributed by atoms with E-state index in [0.29, 0.717) is 23.0 Å². The topological polar surface area (TPSA) is 113 Å². The first kappa shape index (κ1) is 16.6. The van der Waals surface area contributed by atoms with E-state index in [9.17, 15) is 9.90 Å². The maximum atomic E-state index is 12.1. The maximum absolute atomic E-state index is 12.1. The molecule has 0 fully saturated rings. The maximum Gasteiger partial charge on any atom is 0.253 e. The van der Waals surface area contributed by atoms with Gasteiger partial charge >= 0.3 is 0 Å². The molecule has 0 bridgehead atoms. The van der Waals surface area contributed by atoms with Gasteiger partial charge in [0.1, 0.15) is 11.6 Å². The van der Waals surface area contributed by atoms with Gasteiger partial charge in [-0.1, -0.05) is 12.1 Å². The standard InChI is InChI=1S/C17H17N5O3/c1-25-13-4-2-11(3-5-13)15(23)17(24)19-10-14-20-16(22-21-14)12-6-8-18-9-7-12/h2-9,15,23H,10H2,1H3,(H,19,24)(H,20,21,22). The van der Waals surface area contributed by atoms with Gasteiger partial charge in [0.15, 0.2) is 11.9 Å². The van der Waals surface area contributed by atoms with Crippen LogP contribution in [-0.2, 0) is 11.3 Å². The molecule has 3 rings (SSSR count). The number of hydrogen-bond donors (Lipinski definition) is 3. The number of nitrogens with zero attached hydrogens (tertiary/aromatic N) is 3. The number of methoxy groups -OCH3 is 1. The van der Waals surface area contributed by atoms with Gasteiger partial charge in [0.25, 0.3) is 5.91 Å². The highest BCUT2D eigenvalue weighted by atomic mass is 16.5. The van der Waals surface area contributed by atoms with E-state index in [1.54, 1.807) is 55.9 Å². The van der Waals surface area contributed by atoms with E-state index < -0.39 is 12.0 Å². The lowest BCUT2D eigenvalue weighted by Crippen LogP contribution is -2.29. The SMILES string of the molecule is COc1ccc(C(O)C(=O)NCc2nc(-c3ccncc3)n[nH]2)cc1. The zero-order valence-electron chi connectivity index (χ0n) is 13.5. The van der Waals surface area contributed by atoms with Gasteiger partial charge in [-0.25, -0.2) is 4.98 Å². The first-order valence-corrected chi connectivity index (χ1v) is 7.59. The Hall–Kier alpha value is -3.26. The third-order valence-corrected chi connectivity index (χ3v) is 3.58. The molecule has 0 saturated carbocycles. The Morgan fingerprint density at radius 3 is 2.64 bits per heavy atom. The van der Waals surface area contributed by atoms with Crippen LogP contribution in [0.25, 0.3) is 11.4 Å². The molecule has 3 aromatic rings. The van der Waals surface area contributed by atoms with E-state index in [0.717, 1.165) is 5.56 Å². The highest BCUT2D eigenvalue weighted by Gasteiger charge is 2.17. The van der Waals surface area contributed by atoms with Crippen molar-refractivity contribution in [3.05, 3.63) is 60.2 Å². The molecule has 1 amide bonds. The van der Waals surface area contributed by atoms with Crippen LogP contribution in [0.5, 0.6) is 5.75 Å². The summed E-state index contributed by atoms with van der Waals surface area (Å²) in [6.07, 6.45) is 2.03. The molecule has 2 aromatic heterocycles. The fourth-order valence-corrected chi connectivity index (χ4v) is 2.21. The fourth-order valence-electron chi connectivity index (χ4n) is 2.21. The smallest absolute Gasteiger partial charge is 0.253 e. The molecule has 1 atom stereocenters. The molecule has 1 aromatic carbocycles. The zero-order chi connectivity index (χ0) is 17.6. The highest BCUT2D eigenvalue weighted by Crippen LogP contribution is 2.18. The second-order valence-electron chi connectivity index (χ2n) is 5.24. The summed E-state index contributed by atoms with van der Waals surface area (Å²) in [5.74, 6) is 1.14. The van der Waals surface area contributed by atoms with E-state index >= 15 is 0 Å². The van der Waals surface area contributed by atoms with Crippen molar-refractivity contribution in [2.24, 2.45) is 0 Å². The van der Waals surface area contributed by atoms with Crippen molar-refractivity contribution in [1.29, 1.82) is 0 Å². The number of pyridine rings is 1. The number of aromatic amines is 1. The van der Waals surface area contributed by atoms with Crippen molar-refractivity contribution in [2.45, 2.75) is 12.6 Å². The van der Waals surface area contributed by atoms with Gasteiger partial charge in [-0.15, -0.1) is 0 Å². The van der Waals surface area contributed by atoms with Crippen molar-refractivity contribution >= 4 is 5.91 Å². The van der Waals surface area contributed by atoms with Gasteiger partial charge in [-0.05, 0) is 29.8 Å². The highest BCUT2D eigenvalue weighted by molar-refractivity contribution is 5.81. The number of nitrogens with one attached hydrogen (secondary N) is 2. The lowest BCUT2D eigenvalue weighted by molar-refractivity contribution is -0.129. The number of hydrogen-bond acceptors (Lipinski definition) is 6. The average Bonchev–Trinajstić information content (AvgIpc) is 3.15. The van der Waals surface area contributed by atoms with Crippen molar-refractivity contribution in [3.63, 3.8) is 0 Å². The van der Waals surface area contributed by atoms with Gasteiger partial charge < -0.3 is 15.2 Å². The Bertz CT molecular complexity index is 833. The lowest BCUT2D eigenvalue weighted by atomic mass is 10.1. The molecule has 1 unspecified atom stereocenters. The molecule has 0 spiro atoms. The van der Waals surface area contributed by atoms with E-state index in [1.807, 2.05) is 0 Å². The Morgan fingerprint density at radius 2 is 1.96 bits per heavy atom. The van der Waals surface area contributed by atoms with Crippen molar-refractivity contribution in [2.75, 3.05) is 7.11 Å². The van der Waals surface area contributed by atoms with Gasteiger partial charge in [-0.3, -0.25) is 14.9 Å². The minimum atomic E-state index is -1.27. The number of rotatable bonds is 6. The number of aliphatic hydroxyl groups excluding tert-OH is 1. The molecule has 8 nitrogen and oxygen atoms in total. The summed E-state index contributed by atoms with van der Waals surface area (Å²) in [6, 6.07) is 10.2. The number of aliphatic hydroxyl groups is 1.